The van der Waals surface area contributed by atoms with Crippen LogP contribution in [0.5, 0.6) is 5.75 Å². The molecule has 0 bridgehead atoms. The molecule has 0 spiro atoms. The molecule has 2 aromatic carbocycles. The Morgan fingerprint density at radius 3 is 2.52 bits per heavy atom. The highest BCUT2D eigenvalue weighted by Gasteiger charge is 2.20. The standard InChI is InChI=1S/C22H23F2N3O3S/c1-4-13(2)17-7-5-6-8-18(17)25-19(28)14(3)31-22-27-26-20(30-22)15-9-11-16(12-10-15)29-21(23)24/h5-14,21H,4H2,1-3H3,(H,25,28). The fourth-order valence-electron chi connectivity index (χ4n) is 2.85. The second-order valence-corrected chi connectivity index (χ2v) is 8.21. The van der Waals surface area contributed by atoms with Crippen LogP contribution in [0, 0.1) is 0 Å². The van der Waals surface area contributed by atoms with Crippen molar-refractivity contribution in [1.29, 1.82) is 0 Å². The van der Waals surface area contributed by atoms with Gasteiger partial charge in [-0.25, -0.2) is 0 Å². The number of anilines is 1. The molecule has 0 aliphatic carbocycles. The molecule has 2 atom stereocenters. The fraction of sp³-hybridized carbons (Fsp3) is 0.318. The number of para-hydroxylation sites is 1. The zero-order valence-electron chi connectivity index (χ0n) is 17.3. The molecule has 0 aliphatic heterocycles. The summed E-state index contributed by atoms with van der Waals surface area (Å²) in [7, 11) is 0. The number of hydrogen-bond acceptors (Lipinski definition) is 6. The molecule has 2 unspecified atom stereocenters. The summed E-state index contributed by atoms with van der Waals surface area (Å²) in [6, 6.07) is 13.6. The minimum absolute atomic E-state index is 0.0378. The van der Waals surface area contributed by atoms with E-state index in [9.17, 15) is 13.6 Å². The van der Waals surface area contributed by atoms with E-state index < -0.39 is 11.9 Å². The number of nitrogens with one attached hydrogen (secondary N) is 1. The average Bonchev–Trinajstić information content (AvgIpc) is 3.22. The van der Waals surface area contributed by atoms with Crippen LogP contribution in [0.1, 0.15) is 38.7 Å². The lowest BCUT2D eigenvalue weighted by molar-refractivity contribution is -0.115. The summed E-state index contributed by atoms with van der Waals surface area (Å²) in [5.74, 6) is 0.418. The van der Waals surface area contributed by atoms with Gasteiger partial charge < -0.3 is 14.5 Å². The van der Waals surface area contributed by atoms with Crippen LogP contribution in [0.4, 0.5) is 14.5 Å². The van der Waals surface area contributed by atoms with Crippen molar-refractivity contribution >= 4 is 23.4 Å². The molecule has 0 radical (unpaired) electrons. The van der Waals surface area contributed by atoms with Crippen molar-refractivity contribution < 1.29 is 22.7 Å². The van der Waals surface area contributed by atoms with Crippen LogP contribution in [-0.4, -0.2) is 28.0 Å². The molecular weight excluding hydrogens is 424 g/mol. The lowest BCUT2D eigenvalue weighted by atomic mass is 9.97. The molecule has 164 valence electrons. The lowest BCUT2D eigenvalue weighted by Gasteiger charge is -2.17. The average molecular weight is 448 g/mol. The molecule has 1 amide bonds. The van der Waals surface area contributed by atoms with E-state index in [1.54, 1.807) is 19.1 Å². The third kappa shape index (κ3) is 6.04. The van der Waals surface area contributed by atoms with Gasteiger partial charge in [0, 0.05) is 11.3 Å². The summed E-state index contributed by atoms with van der Waals surface area (Å²) in [6.07, 6.45) is 0.969. The van der Waals surface area contributed by atoms with Crippen molar-refractivity contribution in [2.45, 2.75) is 50.2 Å². The molecule has 3 rings (SSSR count). The van der Waals surface area contributed by atoms with E-state index in [4.69, 9.17) is 4.42 Å². The monoisotopic (exact) mass is 447 g/mol. The number of amides is 1. The number of benzene rings is 2. The normalized spacial score (nSPS) is 13.1. The number of halogens is 2. The zero-order valence-corrected chi connectivity index (χ0v) is 18.2. The third-order valence-electron chi connectivity index (χ3n) is 4.74. The van der Waals surface area contributed by atoms with Gasteiger partial charge in [0.1, 0.15) is 5.75 Å². The van der Waals surface area contributed by atoms with E-state index in [1.807, 2.05) is 24.3 Å². The Kier molecular flexibility index (Phi) is 7.62. The number of carbonyl (C=O) groups is 1. The zero-order chi connectivity index (χ0) is 22.4. The Hall–Kier alpha value is -2.94. The van der Waals surface area contributed by atoms with E-state index in [-0.39, 0.29) is 22.8 Å². The molecule has 1 N–H and O–H groups in total. The second-order valence-electron chi connectivity index (χ2n) is 6.92. The molecule has 0 saturated heterocycles. The van der Waals surface area contributed by atoms with Gasteiger partial charge in [0.05, 0.1) is 5.25 Å². The first-order valence-electron chi connectivity index (χ1n) is 9.82. The minimum atomic E-state index is -2.89. The van der Waals surface area contributed by atoms with Gasteiger partial charge in [-0.05, 0) is 55.2 Å². The molecule has 0 fully saturated rings. The number of alkyl halides is 2. The Labute approximate surface area is 183 Å². The first-order chi connectivity index (χ1) is 14.9. The molecule has 1 heterocycles. The van der Waals surface area contributed by atoms with Crippen LogP contribution < -0.4 is 10.1 Å². The van der Waals surface area contributed by atoms with E-state index in [2.05, 4.69) is 34.1 Å². The number of aromatic nitrogens is 2. The van der Waals surface area contributed by atoms with E-state index in [0.29, 0.717) is 11.5 Å². The molecule has 6 nitrogen and oxygen atoms in total. The first-order valence-corrected chi connectivity index (χ1v) is 10.7. The second kappa shape index (κ2) is 10.4. The number of rotatable bonds is 9. The van der Waals surface area contributed by atoms with Gasteiger partial charge in [0.25, 0.3) is 5.22 Å². The van der Waals surface area contributed by atoms with Gasteiger partial charge >= 0.3 is 6.61 Å². The number of ether oxygens (including phenoxy) is 1. The Morgan fingerprint density at radius 2 is 1.84 bits per heavy atom. The molecule has 0 aliphatic rings. The van der Waals surface area contributed by atoms with Crippen molar-refractivity contribution in [2.75, 3.05) is 5.32 Å². The van der Waals surface area contributed by atoms with Crippen molar-refractivity contribution in [3.8, 4) is 17.2 Å². The summed E-state index contributed by atoms with van der Waals surface area (Å²) in [4.78, 5) is 12.7. The van der Waals surface area contributed by atoms with Crippen LogP contribution in [-0.2, 0) is 4.79 Å². The maximum atomic E-state index is 12.7. The summed E-state index contributed by atoms with van der Waals surface area (Å²) >= 11 is 1.14. The number of carbonyl (C=O) groups excluding carboxylic acids is 1. The van der Waals surface area contributed by atoms with Crippen molar-refractivity contribution in [3.63, 3.8) is 0 Å². The highest BCUT2D eigenvalue weighted by molar-refractivity contribution is 8.00. The SMILES string of the molecule is CCC(C)c1ccccc1NC(=O)C(C)Sc1nnc(-c2ccc(OC(F)F)cc2)o1. The largest absolute Gasteiger partial charge is 0.435 e. The van der Waals surface area contributed by atoms with Crippen LogP contribution in [0.25, 0.3) is 11.5 Å². The van der Waals surface area contributed by atoms with Gasteiger partial charge in [-0.15, -0.1) is 10.2 Å². The molecule has 1 aromatic heterocycles. The van der Waals surface area contributed by atoms with Crippen molar-refractivity contribution in [2.24, 2.45) is 0 Å². The van der Waals surface area contributed by atoms with Gasteiger partial charge in [0.15, 0.2) is 0 Å². The van der Waals surface area contributed by atoms with E-state index in [0.717, 1.165) is 29.4 Å². The molecular formula is C22H23F2N3O3S. The highest BCUT2D eigenvalue weighted by atomic mass is 32.2. The summed E-state index contributed by atoms with van der Waals surface area (Å²) < 4.78 is 34.4. The van der Waals surface area contributed by atoms with Crippen molar-refractivity contribution in [1.82, 2.24) is 10.2 Å². The molecule has 31 heavy (non-hydrogen) atoms. The first kappa shape index (κ1) is 22.7. The van der Waals surface area contributed by atoms with Crippen LogP contribution in [0.15, 0.2) is 58.2 Å². The topological polar surface area (TPSA) is 77.2 Å². The van der Waals surface area contributed by atoms with Gasteiger partial charge in [-0.1, -0.05) is 43.8 Å². The van der Waals surface area contributed by atoms with Gasteiger partial charge in [0.2, 0.25) is 11.8 Å². The minimum Gasteiger partial charge on any atom is -0.435 e. The predicted molar refractivity (Wildman–Crippen MR) is 115 cm³/mol. The van der Waals surface area contributed by atoms with E-state index >= 15 is 0 Å². The maximum absolute atomic E-state index is 12.7. The third-order valence-corrected chi connectivity index (χ3v) is 5.68. The Morgan fingerprint density at radius 1 is 1.13 bits per heavy atom. The van der Waals surface area contributed by atoms with Gasteiger partial charge in [-0.3, -0.25) is 4.79 Å². The van der Waals surface area contributed by atoms with Crippen LogP contribution >= 0.6 is 11.8 Å². The number of nitrogens with zero attached hydrogens (tertiary/aromatic N) is 2. The fourth-order valence-corrected chi connectivity index (χ4v) is 3.54. The summed E-state index contributed by atoms with van der Waals surface area (Å²) in [6.45, 7) is 3.09. The quantitative estimate of drug-likeness (QED) is 0.407. The smallest absolute Gasteiger partial charge is 0.387 e. The van der Waals surface area contributed by atoms with E-state index in [1.165, 1.54) is 12.1 Å². The maximum Gasteiger partial charge on any atom is 0.387 e. The summed E-state index contributed by atoms with van der Waals surface area (Å²) in [5.41, 5.74) is 2.45. The van der Waals surface area contributed by atoms with Crippen LogP contribution in [0.2, 0.25) is 0 Å². The predicted octanol–water partition coefficient (Wildman–Crippen LogP) is 5.97. The molecule has 3 aromatic rings. The Bertz CT molecular complexity index is 1010. The van der Waals surface area contributed by atoms with Crippen LogP contribution in [0.3, 0.4) is 0 Å². The van der Waals surface area contributed by atoms with Gasteiger partial charge in [-0.2, -0.15) is 8.78 Å². The highest BCUT2D eigenvalue weighted by Crippen LogP contribution is 2.30. The Balaban J connectivity index is 1.63. The molecule has 9 heteroatoms. The summed E-state index contributed by atoms with van der Waals surface area (Å²) in [5, 5.41) is 10.7. The van der Waals surface area contributed by atoms with Crippen molar-refractivity contribution in [3.05, 3.63) is 54.1 Å². The lowest BCUT2D eigenvalue weighted by Crippen LogP contribution is -2.23. The molecule has 0 saturated carbocycles. The number of thioether (sulfide) groups is 1. The number of hydrogen-bond donors (Lipinski definition) is 1.